The van der Waals surface area contributed by atoms with E-state index in [1.54, 1.807) is 18.3 Å². The van der Waals surface area contributed by atoms with Crippen LogP contribution in [0.2, 0.25) is 0 Å². The minimum absolute atomic E-state index is 0.0966. The normalized spacial score (nSPS) is 16.0. The van der Waals surface area contributed by atoms with Gasteiger partial charge in [0.15, 0.2) is 0 Å². The zero-order valence-electron chi connectivity index (χ0n) is 16.1. The van der Waals surface area contributed by atoms with Crippen LogP contribution in [-0.2, 0) is 0 Å². The summed E-state index contributed by atoms with van der Waals surface area (Å²) in [5, 5.41) is 14.8. The van der Waals surface area contributed by atoms with Crippen molar-refractivity contribution in [2.75, 3.05) is 18.4 Å². The molecule has 28 heavy (non-hydrogen) atoms. The lowest BCUT2D eigenvalue weighted by Crippen LogP contribution is -2.33. The van der Waals surface area contributed by atoms with Gasteiger partial charge in [0, 0.05) is 30.9 Å². The maximum atomic E-state index is 12.9. The van der Waals surface area contributed by atoms with E-state index < -0.39 is 4.92 Å². The van der Waals surface area contributed by atoms with Crippen LogP contribution in [0.3, 0.4) is 0 Å². The number of hydrogen-bond donors (Lipinski definition) is 1. The first kappa shape index (κ1) is 19.8. The van der Waals surface area contributed by atoms with Crippen molar-refractivity contribution in [2.45, 2.75) is 45.1 Å². The van der Waals surface area contributed by atoms with Crippen molar-refractivity contribution in [3.8, 4) is 0 Å². The number of nitro benzene ring substituents is 1. The fourth-order valence-electron chi connectivity index (χ4n) is 3.51. The Bertz CT molecular complexity index is 818. The van der Waals surface area contributed by atoms with Crippen LogP contribution in [0.5, 0.6) is 0 Å². The van der Waals surface area contributed by atoms with Gasteiger partial charge >= 0.3 is 0 Å². The van der Waals surface area contributed by atoms with E-state index in [1.807, 2.05) is 30.0 Å². The third-order valence-corrected chi connectivity index (χ3v) is 5.09. The smallest absolute Gasteiger partial charge is 0.293 e. The molecular weight excluding hydrogens is 356 g/mol. The zero-order chi connectivity index (χ0) is 19.9. The summed E-state index contributed by atoms with van der Waals surface area (Å²) in [6.45, 7) is 3.32. The summed E-state index contributed by atoms with van der Waals surface area (Å²) in [7, 11) is 0. The Morgan fingerprint density at radius 2 is 1.86 bits per heavy atom. The number of nitrogens with zero attached hydrogens (tertiary/aromatic N) is 3. The molecule has 148 valence electrons. The van der Waals surface area contributed by atoms with Crippen molar-refractivity contribution in [1.82, 2.24) is 9.88 Å². The molecule has 0 radical (unpaired) electrons. The van der Waals surface area contributed by atoms with Crippen LogP contribution in [0.25, 0.3) is 0 Å². The van der Waals surface area contributed by atoms with Crippen LogP contribution in [0.15, 0.2) is 42.6 Å². The highest BCUT2D eigenvalue weighted by Gasteiger charge is 2.22. The lowest BCUT2D eigenvalue weighted by atomic mass is 10.1. The highest BCUT2D eigenvalue weighted by Crippen LogP contribution is 2.29. The van der Waals surface area contributed by atoms with Crippen molar-refractivity contribution in [3.63, 3.8) is 0 Å². The van der Waals surface area contributed by atoms with Gasteiger partial charge in [0.05, 0.1) is 16.7 Å². The lowest BCUT2D eigenvalue weighted by molar-refractivity contribution is -0.384. The van der Waals surface area contributed by atoms with Crippen molar-refractivity contribution >= 4 is 17.3 Å². The van der Waals surface area contributed by atoms with Crippen molar-refractivity contribution < 1.29 is 9.72 Å². The van der Waals surface area contributed by atoms with E-state index in [4.69, 9.17) is 0 Å². The number of pyridine rings is 1. The number of likely N-dealkylation sites (tertiary alicyclic amines) is 1. The molecular formula is C21H26N4O3. The molecule has 1 aromatic carbocycles. The molecule has 1 aliphatic rings. The van der Waals surface area contributed by atoms with Gasteiger partial charge < -0.3 is 10.2 Å². The molecule has 1 fully saturated rings. The molecule has 0 aliphatic carbocycles. The molecule has 1 unspecified atom stereocenters. The summed E-state index contributed by atoms with van der Waals surface area (Å²) in [6.07, 6.45) is 7.11. The fraction of sp³-hybridized carbons (Fsp3) is 0.429. The van der Waals surface area contributed by atoms with Gasteiger partial charge in [-0.2, -0.15) is 0 Å². The van der Waals surface area contributed by atoms with Gasteiger partial charge in [-0.05, 0) is 44.0 Å². The number of carbonyl (C=O) groups is 1. The molecule has 0 bridgehead atoms. The molecule has 1 amide bonds. The summed E-state index contributed by atoms with van der Waals surface area (Å²) in [4.78, 5) is 30.1. The second-order valence-corrected chi connectivity index (χ2v) is 7.17. The SMILES string of the molecule is CC(Nc1ccc(C(=O)N2CCCCCCC2)cc1[N+](=O)[O-])c1ccccn1. The van der Waals surface area contributed by atoms with E-state index in [9.17, 15) is 14.9 Å². The maximum absolute atomic E-state index is 12.9. The van der Waals surface area contributed by atoms with E-state index in [0.29, 0.717) is 24.3 Å². The van der Waals surface area contributed by atoms with Gasteiger partial charge in [-0.3, -0.25) is 19.9 Å². The van der Waals surface area contributed by atoms with Crippen LogP contribution < -0.4 is 5.32 Å². The quantitative estimate of drug-likeness (QED) is 0.604. The predicted octanol–water partition coefficient (Wildman–Crippen LogP) is 4.57. The van der Waals surface area contributed by atoms with E-state index in [2.05, 4.69) is 10.3 Å². The van der Waals surface area contributed by atoms with E-state index in [1.165, 1.54) is 12.5 Å². The molecule has 1 atom stereocenters. The number of carbonyl (C=O) groups excluding carboxylic acids is 1. The molecule has 0 saturated carbocycles. The Morgan fingerprint density at radius 1 is 1.14 bits per heavy atom. The van der Waals surface area contributed by atoms with Crippen LogP contribution >= 0.6 is 0 Å². The van der Waals surface area contributed by atoms with Crippen LogP contribution in [0.4, 0.5) is 11.4 Å². The standard InChI is InChI=1S/C21H26N4O3/c1-16(18-9-5-6-12-22-18)23-19-11-10-17(15-20(19)25(27)28)21(26)24-13-7-3-2-4-8-14-24/h5-6,9-12,15-16,23H,2-4,7-8,13-14H2,1H3. The summed E-state index contributed by atoms with van der Waals surface area (Å²) in [5.74, 6) is -0.130. The van der Waals surface area contributed by atoms with E-state index in [-0.39, 0.29) is 17.6 Å². The first-order valence-corrected chi connectivity index (χ1v) is 9.81. The minimum Gasteiger partial charge on any atom is -0.371 e. The minimum atomic E-state index is -0.447. The summed E-state index contributed by atoms with van der Waals surface area (Å²) >= 11 is 0. The Kier molecular flexibility index (Phi) is 6.57. The van der Waals surface area contributed by atoms with Crippen LogP contribution in [0, 0.1) is 10.1 Å². The zero-order valence-corrected chi connectivity index (χ0v) is 16.1. The molecule has 1 saturated heterocycles. The highest BCUT2D eigenvalue weighted by atomic mass is 16.6. The molecule has 7 heteroatoms. The Morgan fingerprint density at radius 3 is 2.50 bits per heavy atom. The molecule has 1 N–H and O–H groups in total. The van der Waals surface area contributed by atoms with Gasteiger partial charge in [-0.25, -0.2) is 0 Å². The number of nitrogens with one attached hydrogen (secondary N) is 1. The largest absolute Gasteiger partial charge is 0.371 e. The van der Waals surface area contributed by atoms with Crippen molar-refractivity contribution in [2.24, 2.45) is 0 Å². The van der Waals surface area contributed by atoms with Gasteiger partial charge in [-0.1, -0.05) is 25.3 Å². The van der Waals surface area contributed by atoms with Gasteiger partial charge in [0.1, 0.15) is 5.69 Å². The molecule has 3 rings (SSSR count). The number of aromatic nitrogens is 1. The molecule has 2 aromatic rings. The number of rotatable bonds is 5. The van der Waals surface area contributed by atoms with E-state index >= 15 is 0 Å². The monoisotopic (exact) mass is 382 g/mol. The second-order valence-electron chi connectivity index (χ2n) is 7.17. The number of hydrogen-bond acceptors (Lipinski definition) is 5. The van der Waals surface area contributed by atoms with Gasteiger partial charge in [0.2, 0.25) is 0 Å². The third kappa shape index (κ3) is 4.85. The highest BCUT2D eigenvalue weighted by molar-refractivity contribution is 5.95. The van der Waals surface area contributed by atoms with Crippen LogP contribution in [0.1, 0.15) is 61.1 Å². The summed E-state index contributed by atoms with van der Waals surface area (Å²) in [5.41, 5.74) is 1.44. The third-order valence-electron chi connectivity index (χ3n) is 5.09. The molecule has 1 aromatic heterocycles. The Hall–Kier alpha value is -2.96. The summed E-state index contributed by atoms with van der Waals surface area (Å²) in [6, 6.07) is 10.0. The molecule has 2 heterocycles. The first-order chi connectivity index (χ1) is 13.6. The average molecular weight is 382 g/mol. The topological polar surface area (TPSA) is 88.4 Å². The number of benzene rings is 1. The molecule has 1 aliphatic heterocycles. The molecule has 7 nitrogen and oxygen atoms in total. The van der Waals surface area contributed by atoms with Crippen molar-refractivity contribution in [1.29, 1.82) is 0 Å². The fourth-order valence-corrected chi connectivity index (χ4v) is 3.51. The van der Waals surface area contributed by atoms with Crippen LogP contribution in [-0.4, -0.2) is 33.8 Å². The predicted molar refractivity (Wildman–Crippen MR) is 108 cm³/mol. The first-order valence-electron chi connectivity index (χ1n) is 9.81. The maximum Gasteiger partial charge on any atom is 0.293 e. The van der Waals surface area contributed by atoms with Gasteiger partial charge in [-0.15, -0.1) is 0 Å². The Labute approximate surface area is 164 Å². The number of anilines is 1. The number of amides is 1. The second kappa shape index (κ2) is 9.30. The lowest BCUT2D eigenvalue weighted by Gasteiger charge is -2.25. The average Bonchev–Trinajstić information content (AvgIpc) is 2.68. The van der Waals surface area contributed by atoms with Gasteiger partial charge in [0.25, 0.3) is 11.6 Å². The molecule has 0 spiro atoms. The Balaban J connectivity index is 1.80. The summed E-state index contributed by atoms with van der Waals surface area (Å²) < 4.78 is 0. The number of nitro groups is 1. The van der Waals surface area contributed by atoms with E-state index in [0.717, 1.165) is 31.4 Å². The van der Waals surface area contributed by atoms with Crippen molar-refractivity contribution in [3.05, 3.63) is 64.0 Å².